The zero-order valence-electron chi connectivity index (χ0n) is 73.1. The predicted octanol–water partition coefficient (Wildman–Crippen LogP) is 34.6. The van der Waals surface area contributed by atoms with Crippen molar-refractivity contribution in [2.45, 2.75) is 19.6 Å². The van der Waals surface area contributed by atoms with Gasteiger partial charge >= 0.3 is 0 Å². The van der Waals surface area contributed by atoms with Gasteiger partial charge in [-0.3, -0.25) is 0 Å². The molecular weight excluding hydrogens is 1640 g/mol. The van der Waals surface area contributed by atoms with Crippen LogP contribution in [0.25, 0.3) is 152 Å². The molecule has 0 fully saturated rings. The third-order valence-electron chi connectivity index (χ3n) is 26.9. The standard InChI is InChI=1S/C116H94N4O4S4/c1-125(2,3)81-55-47-77(48-56-81)117(101-31-19-27-89-85-23-11-15-35-105(85)121-113(89)101)97-67-43-73-41-65-95-99(69-45-75-39-63-93(97)109(73)111(75)95)119(103-33-21-29-91-87-25-13-17-37-107(87)123-115(91)103)79-51-59-83(60-52-79)127(7,8)71-72-128(9,10)84-61-53-80(54-62-84)120(104-34-22-30-92-88-26-14-18-38-108(88)124-116(92)104)100-70-46-76-40-64-94-98(68-44-74-42-66-96(100)112(76)110(74)94)118(78-49-57-82(58-50-78)126(4,5)6)102-32-20-28-90-86-24-12-16-36-106(86)122-114(90)102/h11-70H,71-72H2,1-10H3. The number of hydrogen-bond donors (Lipinski definition) is 0. The molecule has 8 nitrogen and oxygen atoms in total. The Morgan fingerprint density at radius 2 is 0.391 bits per heavy atom. The molecule has 0 aliphatic rings. The van der Waals surface area contributed by atoms with Gasteiger partial charge in [-0.2, -0.15) is 0 Å². The minimum Gasteiger partial charge on any atom is -0.454 e. The third kappa shape index (κ3) is 12.5. The van der Waals surface area contributed by atoms with E-state index < -0.39 is 40.1 Å². The first-order valence-electron chi connectivity index (χ1n) is 43.6. The van der Waals surface area contributed by atoms with E-state index in [0.29, 0.717) is 0 Å². The maximum atomic E-state index is 7.03. The first-order valence-corrected chi connectivity index (χ1v) is 54.6. The van der Waals surface area contributed by atoms with Crippen molar-refractivity contribution in [3.05, 3.63) is 364 Å². The number of rotatable bonds is 19. The van der Waals surface area contributed by atoms with E-state index in [2.05, 4.69) is 446 Å². The largest absolute Gasteiger partial charge is 0.454 e. The monoisotopic (exact) mass is 1730 g/mol. The van der Waals surface area contributed by atoms with E-state index in [0.717, 1.165) is 189 Å². The van der Waals surface area contributed by atoms with Gasteiger partial charge in [0.1, 0.15) is 22.3 Å². The minimum atomic E-state index is -1.35. The lowest BCUT2D eigenvalue weighted by atomic mass is 9.91. The second-order valence-electron chi connectivity index (χ2n) is 36.7. The lowest BCUT2D eigenvalue weighted by Crippen LogP contribution is -2.14. The van der Waals surface area contributed by atoms with E-state index in [1.165, 1.54) is 62.7 Å². The molecule has 0 aliphatic heterocycles. The molecule has 0 unspecified atom stereocenters. The molecule has 0 amide bonds. The molecule has 4 aromatic heterocycles. The highest BCUT2D eigenvalue weighted by molar-refractivity contribution is 8.36. The topological polar surface area (TPSA) is 65.5 Å². The zero-order valence-corrected chi connectivity index (χ0v) is 76.4. The summed E-state index contributed by atoms with van der Waals surface area (Å²) in [4.78, 5) is 15.2. The number of fused-ring (bicyclic) bond motifs is 12. The molecule has 0 saturated heterocycles. The summed E-state index contributed by atoms with van der Waals surface area (Å²) in [5.74, 6) is 2.12. The average Bonchev–Trinajstić information content (AvgIpc) is 0.990. The van der Waals surface area contributed by atoms with Crippen molar-refractivity contribution < 1.29 is 17.7 Å². The number of anilines is 12. The van der Waals surface area contributed by atoms with Crippen molar-refractivity contribution in [3.63, 3.8) is 0 Å². The Hall–Kier alpha value is -13.7. The molecule has 12 heteroatoms. The Morgan fingerprint density at radius 1 is 0.180 bits per heavy atom. The zero-order chi connectivity index (χ0) is 86.4. The molecule has 24 aromatic rings. The van der Waals surface area contributed by atoms with Crippen molar-refractivity contribution in [3.8, 4) is 0 Å². The van der Waals surface area contributed by atoms with Crippen LogP contribution in [0.2, 0.25) is 0 Å². The Balaban J connectivity index is 0.583. The summed E-state index contributed by atoms with van der Waals surface area (Å²) in [6.45, 7) is 0. The van der Waals surface area contributed by atoms with Gasteiger partial charge in [-0.05, 0) is 307 Å². The van der Waals surface area contributed by atoms with E-state index in [9.17, 15) is 0 Å². The van der Waals surface area contributed by atoms with Crippen LogP contribution in [0.4, 0.5) is 68.2 Å². The third-order valence-corrected chi connectivity index (χ3v) is 36.0. The second kappa shape index (κ2) is 29.4. The molecule has 0 saturated carbocycles. The first-order chi connectivity index (χ1) is 62.2. The van der Waals surface area contributed by atoms with Gasteiger partial charge in [-0.15, -0.1) is 0 Å². The average molecular weight is 1740 g/mol. The molecule has 0 spiro atoms. The van der Waals surface area contributed by atoms with Crippen LogP contribution < -0.4 is 19.6 Å². The fourth-order valence-corrected chi connectivity index (χ4v) is 27.6. The minimum absolute atomic E-state index is 0.847. The van der Waals surface area contributed by atoms with Crippen LogP contribution in [0, 0.1) is 0 Å². The summed E-state index contributed by atoms with van der Waals surface area (Å²) in [6.07, 6.45) is 24.2. The molecule has 0 bridgehead atoms. The van der Waals surface area contributed by atoms with Crippen LogP contribution in [0.15, 0.2) is 401 Å². The van der Waals surface area contributed by atoms with Gasteiger partial charge in [-0.1, -0.05) is 194 Å². The van der Waals surface area contributed by atoms with Gasteiger partial charge < -0.3 is 37.3 Å². The van der Waals surface area contributed by atoms with Crippen LogP contribution in [0.1, 0.15) is 0 Å². The number of para-hydroxylation sites is 8. The summed E-state index contributed by atoms with van der Waals surface area (Å²) in [6, 6.07) is 135. The van der Waals surface area contributed by atoms with E-state index in [4.69, 9.17) is 17.7 Å². The highest BCUT2D eigenvalue weighted by Gasteiger charge is 2.32. The van der Waals surface area contributed by atoms with Crippen LogP contribution in [0.3, 0.4) is 0 Å². The fourth-order valence-electron chi connectivity index (χ4n) is 20.2. The molecule has 4 heterocycles. The van der Waals surface area contributed by atoms with E-state index in [1.54, 1.807) is 0 Å². The van der Waals surface area contributed by atoms with Crippen LogP contribution in [-0.4, -0.2) is 74.1 Å². The van der Waals surface area contributed by atoms with Gasteiger partial charge in [0, 0.05) is 87.4 Å². The molecule has 0 radical (unpaired) electrons. The van der Waals surface area contributed by atoms with E-state index in [1.807, 2.05) is 0 Å². The molecule has 626 valence electrons. The Bertz CT molecular complexity index is 8070. The van der Waals surface area contributed by atoms with Crippen LogP contribution >= 0.6 is 40.1 Å². The number of benzene rings is 20. The molecule has 0 aliphatic carbocycles. The summed E-state index contributed by atoms with van der Waals surface area (Å²) in [7, 11) is -4.68. The molecule has 20 aromatic carbocycles. The fraction of sp³-hybridized carbons (Fsp3) is 0.103. The van der Waals surface area contributed by atoms with E-state index >= 15 is 0 Å². The number of hydrogen-bond acceptors (Lipinski definition) is 8. The normalized spacial score (nSPS) is 13.2. The summed E-state index contributed by atoms with van der Waals surface area (Å²) < 4.78 is 27.9. The lowest BCUT2D eigenvalue weighted by molar-refractivity contribution is 0.669. The van der Waals surface area contributed by atoms with Crippen molar-refractivity contribution in [1.82, 2.24) is 0 Å². The van der Waals surface area contributed by atoms with Gasteiger partial charge in [0.15, 0.2) is 22.3 Å². The highest BCUT2D eigenvalue weighted by Crippen LogP contribution is 2.60. The van der Waals surface area contributed by atoms with Gasteiger partial charge in [0.05, 0.1) is 45.5 Å². The maximum Gasteiger partial charge on any atom is 0.159 e. The van der Waals surface area contributed by atoms with Crippen molar-refractivity contribution in [2.75, 3.05) is 93.7 Å². The molecule has 128 heavy (non-hydrogen) atoms. The lowest BCUT2D eigenvalue weighted by Gasteiger charge is -2.39. The Kier molecular flexibility index (Phi) is 17.9. The molecule has 24 rings (SSSR count). The van der Waals surface area contributed by atoms with Gasteiger partial charge in [-0.25, -0.2) is 40.1 Å². The number of nitrogens with zero attached hydrogens (tertiary/aromatic N) is 4. The first kappa shape index (κ1) is 77.8. The van der Waals surface area contributed by atoms with Crippen LogP contribution in [0.5, 0.6) is 0 Å². The Labute approximate surface area is 749 Å². The smallest absolute Gasteiger partial charge is 0.159 e. The van der Waals surface area contributed by atoms with Crippen LogP contribution in [-0.2, 0) is 0 Å². The summed E-state index contributed by atoms with van der Waals surface area (Å²) >= 11 is 0. The van der Waals surface area contributed by atoms with Gasteiger partial charge in [0.2, 0.25) is 0 Å². The summed E-state index contributed by atoms with van der Waals surface area (Å²) in [5, 5.41) is 22.9. The Morgan fingerprint density at radius 3 is 0.625 bits per heavy atom. The van der Waals surface area contributed by atoms with Crippen molar-refractivity contribution in [1.29, 1.82) is 0 Å². The molecular formula is C116H94N4O4S4. The SMILES string of the molecule is CS(C)(C)c1ccc(N(c2ccc3ccc4c(N(c5ccc(S(C)(C)CCS(C)(C)c6ccc(N(c7ccc8ccc9c(N(c%10ccc(S(C)(C)C)cc%10)c%10cccc%11c%10oc%10ccccc%10%11)ccc%10ccc7c8c%109)c7cccc8c7oc7ccccc78)cc6)cc5)c5cccc6c5oc5ccccc56)ccc5ccc2c3c54)c2cccc3c2oc2ccccc23)cc1. The maximum absolute atomic E-state index is 7.03. The van der Waals surface area contributed by atoms with E-state index in [-0.39, 0.29) is 0 Å². The quantitative estimate of drug-likeness (QED) is 0.0742. The molecule has 0 atom stereocenters. The summed E-state index contributed by atoms with van der Waals surface area (Å²) in [5.41, 5.74) is 19.4. The van der Waals surface area contributed by atoms with Crippen molar-refractivity contribution in [2.24, 2.45) is 0 Å². The van der Waals surface area contributed by atoms with Gasteiger partial charge in [0.25, 0.3) is 0 Å². The molecule has 0 N–H and O–H groups in total. The highest BCUT2D eigenvalue weighted by atomic mass is 32.3. The predicted molar refractivity (Wildman–Crippen MR) is 561 cm³/mol. The second-order valence-corrected chi connectivity index (χ2v) is 52.9. The number of furan rings is 4. The van der Waals surface area contributed by atoms with Crippen molar-refractivity contribution >= 4 is 261 Å².